The quantitative estimate of drug-likeness (QED) is 0.734. The fourth-order valence-electron chi connectivity index (χ4n) is 3.90. The minimum Gasteiger partial charge on any atom is -0.481 e. The number of likely N-dealkylation sites (tertiary alicyclic amines) is 1. The summed E-state index contributed by atoms with van der Waals surface area (Å²) >= 11 is 0. The van der Waals surface area contributed by atoms with E-state index in [9.17, 15) is 19.8 Å². The van der Waals surface area contributed by atoms with Gasteiger partial charge in [0, 0.05) is 32.0 Å². The van der Waals surface area contributed by atoms with Crippen molar-refractivity contribution >= 4 is 11.9 Å². The summed E-state index contributed by atoms with van der Waals surface area (Å²) < 4.78 is 0. The molecule has 2 atom stereocenters. The van der Waals surface area contributed by atoms with Crippen LogP contribution >= 0.6 is 0 Å². The van der Waals surface area contributed by atoms with Crippen molar-refractivity contribution < 1.29 is 19.8 Å². The maximum atomic E-state index is 12.9. The molecule has 2 heterocycles. The van der Waals surface area contributed by atoms with Gasteiger partial charge < -0.3 is 15.1 Å². The highest BCUT2D eigenvalue weighted by atomic mass is 16.4. The fraction of sp³-hybridized carbons (Fsp3) is 0.409. The number of rotatable bonds is 7. The van der Waals surface area contributed by atoms with Gasteiger partial charge in [-0.2, -0.15) is 0 Å². The van der Waals surface area contributed by atoms with Crippen molar-refractivity contribution in [1.29, 1.82) is 0 Å². The Hall–Kier alpha value is -2.77. The summed E-state index contributed by atoms with van der Waals surface area (Å²) in [4.78, 5) is 32.5. The number of hydrogen-bond donors (Lipinski definition) is 2. The fourth-order valence-corrected chi connectivity index (χ4v) is 3.90. The van der Waals surface area contributed by atoms with E-state index >= 15 is 0 Å². The molecule has 7 nitrogen and oxygen atoms in total. The summed E-state index contributed by atoms with van der Waals surface area (Å²) in [5.41, 5.74) is 0.477. The highest BCUT2D eigenvalue weighted by molar-refractivity contribution is 5.81. The standard InChI is InChI=1S/C22H27N3O4/c1-24(14-18-7-10-23-11-8-18)15-20(27)25-12-9-19(26)22(16-25,21(28)29)13-17-5-3-2-4-6-17/h2-8,10-11,19,26H,9,12-16H2,1H3,(H,28,29)/t19-,22-/m1/s1. The third-order valence-electron chi connectivity index (χ3n) is 5.53. The number of aliphatic hydroxyl groups is 1. The highest BCUT2D eigenvalue weighted by Gasteiger charge is 2.50. The van der Waals surface area contributed by atoms with Crippen molar-refractivity contribution in [3.8, 4) is 0 Å². The number of aliphatic carboxylic acids is 1. The zero-order valence-corrected chi connectivity index (χ0v) is 16.6. The maximum absolute atomic E-state index is 12.9. The van der Waals surface area contributed by atoms with Gasteiger partial charge in [-0.15, -0.1) is 0 Å². The smallest absolute Gasteiger partial charge is 0.314 e. The number of hydrogen-bond acceptors (Lipinski definition) is 5. The Morgan fingerprint density at radius 1 is 1.17 bits per heavy atom. The normalized spacial score (nSPS) is 21.9. The molecule has 154 valence electrons. The lowest BCUT2D eigenvalue weighted by molar-refractivity contribution is -0.166. The number of aliphatic hydroxyl groups excluding tert-OH is 1. The van der Waals surface area contributed by atoms with Gasteiger partial charge >= 0.3 is 5.97 Å². The molecule has 1 fully saturated rings. The molecule has 1 aliphatic rings. The lowest BCUT2D eigenvalue weighted by atomic mass is 9.73. The predicted octanol–water partition coefficient (Wildman–Crippen LogP) is 1.42. The lowest BCUT2D eigenvalue weighted by Gasteiger charge is -2.43. The zero-order chi connectivity index (χ0) is 20.9. The Labute approximate surface area is 170 Å². The van der Waals surface area contributed by atoms with Crippen LogP contribution in [-0.4, -0.2) is 69.7 Å². The van der Waals surface area contributed by atoms with Crippen LogP contribution in [0.15, 0.2) is 54.9 Å². The van der Waals surface area contributed by atoms with Gasteiger partial charge in [0.1, 0.15) is 5.41 Å². The van der Waals surface area contributed by atoms with Gasteiger partial charge in [0.2, 0.25) is 5.91 Å². The Morgan fingerprint density at radius 2 is 1.86 bits per heavy atom. The van der Waals surface area contributed by atoms with Crippen LogP contribution in [0.5, 0.6) is 0 Å². The van der Waals surface area contributed by atoms with Crippen molar-refractivity contribution in [3.63, 3.8) is 0 Å². The number of carboxylic acids is 1. The number of nitrogens with zero attached hydrogens (tertiary/aromatic N) is 3. The molecular formula is C22H27N3O4. The van der Waals surface area contributed by atoms with Crippen molar-refractivity contribution in [2.75, 3.05) is 26.7 Å². The maximum Gasteiger partial charge on any atom is 0.314 e. The van der Waals surface area contributed by atoms with E-state index in [1.807, 2.05) is 54.4 Å². The molecule has 0 bridgehead atoms. The molecule has 1 aromatic carbocycles. The number of carboxylic acid groups (broad SMARTS) is 1. The van der Waals surface area contributed by atoms with Gasteiger partial charge in [0.25, 0.3) is 0 Å². The molecule has 1 saturated heterocycles. The average molecular weight is 397 g/mol. The minimum atomic E-state index is -1.40. The molecule has 0 unspecified atom stereocenters. The molecule has 7 heteroatoms. The van der Waals surface area contributed by atoms with Gasteiger partial charge in [-0.05, 0) is 43.1 Å². The van der Waals surface area contributed by atoms with E-state index in [2.05, 4.69) is 4.98 Å². The number of amides is 1. The van der Waals surface area contributed by atoms with Gasteiger partial charge in [-0.25, -0.2) is 0 Å². The monoisotopic (exact) mass is 397 g/mol. The number of aromatic nitrogens is 1. The van der Waals surface area contributed by atoms with Crippen molar-refractivity contribution in [2.45, 2.75) is 25.5 Å². The van der Waals surface area contributed by atoms with E-state index in [0.717, 1.165) is 11.1 Å². The number of carbonyl (C=O) groups is 2. The van der Waals surface area contributed by atoms with Crippen molar-refractivity contribution in [3.05, 3.63) is 66.0 Å². The predicted molar refractivity (Wildman–Crippen MR) is 108 cm³/mol. The molecule has 0 saturated carbocycles. The molecular weight excluding hydrogens is 370 g/mol. The van der Waals surface area contributed by atoms with E-state index in [1.54, 1.807) is 17.3 Å². The van der Waals surface area contributed by atoms with Crippen LogP contribution in [0.1, 0.15) is 17.5 Å². The van der Waals surface area contributed by atoms with Crippen molar-refractivity contribution in [2.24, 2.45) is 5.41 Å². The van der Waals surface area contributed by atoms with E-state index in [1.165, 1.54) is 0 Å². The Bertz CT molecular complexity index is 830. The van der Waals surface area contributed by atoms with Gasteiger partial charge in [0.15, 0.2) is 0 Å². The number of benzene rings is 1. The highest BCUT2D eigenvalue weighted by Crippen LogP contribution is 2.35. The van der Waals surface area contributed by atoms with Crippen LogP contribution in [0, 0.1) is 5.41 Å². The lowest BCUT2D eigenvalue weighted by Crippen LogP contribution is -2.59. The van der Waals surface area contributed by atoms with Crippen LogP contribution < -0.4 is 0 Å². The van der Waals surface area contributed by atoms with Crippen molar-refractivity contribution in [1.82, 2.24) is 14.8 Å². The summed E-state index contributed by atoms with van der Waals surface area (Å²) in [7, 11) is 1.85. The largest absolute Gasteiger partial charge is 0.481 e. The Kier molecular flexibility index (Phi) is 6.61. The van der Waals surface area contributed by atoms with Crippen LogP contribution in [0.25, 0.3) is 0 Å². The first-order valence-corrected chi connectivity index (χ1v) is 9.71. The minimum absolute atomic E-state index is 0.000322. The molecule has 1 aromatic heterocycles. The van der Waals surface area contributed by atoms with E-state index in [0.29, 0.717) is 13.1 Å². The first kappa shape index (κ1) is 21.0. The second kappa shape index (κ2) is 9.15. The topological polar surface area (TPSA) is 94.0 Å². The molecule has 0 spiro atoms. The second-order valence-corrected chi connectivity index (χ2v) is 7.77. The van der Waals surface area contributed by atoms with Gasteiger partial charge in [-0.1, -0.05) is 30.3 Å². The average Bonchev–Trinajstić information content (AvgIpc) is 2.71. The molecule has 0 radical (unpaired) electrons. The number of likely N-dealkylation sites (N-methyl/N-ethyl adjacent to an activating group) is 1. The SMILES string of the molecule is CN(CC(=O)N1CC[C@@H](O)[C@](Cc2ccccc2)(C(=O)O)C1)Cc1ccncc1. The molecule has 1 amide bonds. The Morgan fingerprint density at radius 3 is 2.52 bits per heavy atom. The van der Waals surface area contributed by atoms with E-state index < -0.39 is 17.5 Å². The first-order chi connectivity index (χ1) is 13.9. The molecule has 0 aliphatic carbocycles. The third kappa shape index (κ3) is 4.99. The van der Waals surface area contributed by atoms with Crippen LogP contribution in [0.2, 0.25) is 0 Å². The van der Waals surface area contributed by atoms with Crippen LogP contribution in [-0.2, 0) is 22.6 Å². The summed E-state index contributed by atoms with van der Waals surface area (Å²) in [5.74, 6) is -1.20. The first-order valence-electron chi connectivity index (χ1n) is 9.71. The van der Waals surface area contributed by atoms with E-state index in [-0.39, 0.29) is 31.8 Å². The molecule has 3 rings (SSSR count). The molecule has 2 aromatic rings. The van der Waals surface area contributed by atoms with Crippen LogP contribution in [0.4, 0.5) is 0 Å². The summed E-state index contributed by atoms with van der Waals surface area (Å²) in [5, 5.41) is 20.6. The number of pyridine rings is 1. The summed E-state index contributed by atoms with van der Waals surface area (Å²) in [6.07, 6.45) is 2.85. The summed E-state index contributed by atoms with van der Waals surface area (Å²) in [6.45, 7) is 1.13. The molecule has 2 N–H and O–H groups in total. The van der Waals surface area contributed by atoms with Crippen LogP contribution in [0.3, 0.4) is 0 Å². The van der Waals surface area contributed by atoms with Gasteiger partial charge in [0.05, 0.1) is 12.6 Å². The van der Waals surface area contributed by atoms with Gasteiger partial charge in [-0.3, -0.25) is 19.5 Å². The number of carbonyl (C=O) groups excluding carboxylic acids is 1. The zero-order valence-electron chi connectivity index (χ0n) is 16.6. The Balaban J connectivity index is 1.69. The van der Waals surface area contributed by atoms with E-state index in [4.69, 9.17) is 0 Å². The molecule has 1 aliphatic heterocycles. The number of piperidine rings is 1. The third-order valence-corrected chi connectivity index (χ3v) is 5.53. The summed E-state index contributed by atoms with van der Waals surface area (Å²) in [6, 6.07) is 13.0. The molecule has 29 heavy (non-hydrogen) atoms. The second-order valence-electron chi connectivity index (χ2n) is 7.77.